The maximum Gasteiger partial charge on any atom is 0.227 e. The number of nitrogens with zero attached hydrogens (tertiary/aromatic N) is 5. The summed E-state index contributed by atoms with van der Waals surface area (Å²) in [5.74, 6) is 0.791. The van der Waals surface area contributed by atoms with Crippen LogP contribution in [0.25, 0.3) is 28.1 Å². The highest BCUT2D eigenvalue weighted by Gasteiger charge is 2.15. The van der Waals surface area contributed by atoms with E-state index in [1.54, 1.807) is 0 Å². The van der Waals surface area contributed by atoms with Crippen molar-refractivity contribution < 1.29 is 4.42 Å². The Bertz CT molecular complexity index is 1210. The molecule has 4 aromatic rings. The summed E-state index contributed by atoms with van der Waals surface area (Å²) in [5.41, 5.74) is 4.69. The Morgan fingerprint density at radius 3 is 2.62 bits per heavy atom. The maximum absolute atomic E-state index is 9.24. The van der Waals surface area contributed by atoms with Crippen LogP contribution in [0, 0.1) is 11.3 Å². The number of aromatic nitrogens is 5. The van der Waals surface area contributed by atoms with E-state index in [2.05, 4.69) is 63.8 Å². The summed E-state index contributed by atoms with van der Waals surface area (Å²) in [7, 11) is 0. The second-order valence-electron chi connectivity index (χ2n) is 7.58. The summed E-state index contributed by atoms with van der Waals surface area (Å²) in [6.07, 6.45) is 1.52. The quantitative estimate of drug-likeness (QED) is 0.504. The summed E-state index contributed by atoms with van der Waals surface area (Å²) < 4.78 is 5.95. The predicted molar refractivity (Wildman–Crippen MR) is 110 cm³/mol. The fourth-order valence-electron chi connectivity index (χ4n) is 2.83. The molecule has 0 aliphatic heterocycles. The van der Waals surface area contributed by atoms with Gasteiger partial charge in [-0.3, -0.25) is 0 Å². The van der Waals surface area contributed by atoms with Gasteiger partial charge in [0.05, 0.1) is 0 Å². The lowest BCUT2D eigenvalue weighted by Gasteiger charge is -2.18. The molecule has 0 saturated carbocycles. The molecule has 8 heteroatoms. The van der Waals surface area contributed by atoms with E-state index in [1.807, 2.05) is 36.4 Å². The van der Waals surface area contributed by atoms with Crippen molar-refractivity contribution in [3.05, 3.63) is 60.1 Å². The largest absolute Gasteiger partial charge is 0.436 e. The van der Waals surface area contributed by atoms with Crippen molar-refractivity contribution in [1.82, 2.24) is 25.6 Å². The van der Waals surface area contributed by atoms with Crippen LogP contribution in [-0.4, -0.2) is 25.6 Å². The number of rotatable bonds is 4. The van der Waals surface area contributed by atoms with Gasteiger partial charge < -0.3 is 9.73 Å². The Kier molecular flexibility index (Phi) is 4.56. The van der Waals surface area contributed by atoms with Gasteiger partial charge in [-0.05, 0) is 40.5 Å². The molecule has 0 aliphatic rings. The van der Waals surface area contributed by atoms with E-state index in [1.165, 1.54) is 11.8 Å². The summed E-state index contributed by atoms with van der Waals surface area (Å²) in [4.78, 5) is 4.57. The second-order valence-corrected chi connectivity index (χ2v) is 7.58. The normalized spacial score (nSPS) is 12.1. The van der Waals surface area contributed by atoms with Crippen LogP contribution in [-0.2, 0) is 5.41 Å². The number of oxazole rings is 1. The number of hydrogen-bond acceptors (Lipinski definition) is 7. The number of hydrogen-bond donors (Lipinski definition) is 2. The molecular formula is C21H19N7O. The zero-order valence-corrected chi connectivity index (χ0v) is 16.3. The van der Waals surface area contributed by atoms with Crippen molar-refractivity contribution in [3.8, 4) is 17.5 Å². The Morgan fingerprint density at radius 2 is 1.97 bits per heavy atom. The summed E-state index contributed by atoms with van der Waals surface area (Å²) >= 11 is 0. The number of nitrogens with one attached hydrogen (secondary N) is 2. The predicted octanol–water partition coefficient (Wildman–Crippen LogP) is 4.28. The minimum atomic E-state index is 0.0949. The lowest BCUT2D eigenvalue weighted by molar-refractivity contribution is 0.589. The van der Waals surface area contributed by atoms with Gasteiger partial charge in [0.1, 0.15) is 17.2 Å². The number of anilines is 1. The van der Waals surface area contributed by atoms with E-state index in [9.17, 15) is 5.26 Å². The fourth-order valence-corrected chi connectivity index (χ4v) is 2.83. The summed E-state index contributed by atoms with van der Waals surface area (Å²) in [5, 5.41) is 25.7. The standard InChI is InChI=1S/C21H19N7O/c1-21(2,3)15-6-4-13(5-7-15)20-24-17-9-8-16(10-18(17)29-20)23-12-14(11-22)19-25-27-28-26-19/h4-10,12,23H,1-3H3,(H,25,26,27,28). The minimum absolute atomic E-state index is 0.0949. The van der Waals surface area contributed by atoms with Crippen molar-refractivity contribution in [3.63, 3.8) is 0 Å². The zero-order valence-electron chi connectivity index (χ0n) is 16.3. The molecule has 0 atom stereocenters. The molecule has 0 spiro atoms. The third kappa shape index (κ3) is 3.84. The van der Waals surface area contributed by atoms with Gasteiger partial charge in [0.25, 0.3) is 0 Å². The molecule has 0 unspecified atom stereocenters. The van der Waals surface area contributed by atoms with Crippen LogP contribution in [0.4, 0.5) is 5.69 Å². The average Bonchev–Trinajstić information content (AvgIpc) is 3.37. The Hall–Kier alpha value is -3.99. The van der Waals surface area contributed by atoms with Crippen LogP contribution in [0.1, 0.15) is 32.2 Å². The van der Waals surface area contributed by atoms with Gasteiger partial charge in [-0.2, -0.15) is 10.5 Å². The van der Waals surface area contributed by atoms with Gasteiger partial charge in [-0.1, -0.05) is 32.9 Å². The first kappa shape index (κ1) is 18.4. The lowest BCUT2D eigenvalue weighted by atomic mass is 9.87. The van der Waals surface area contributed by atoms with Gasteiger partial charge in [0, 0.05) is 23.5 Å². The van der Waals surface area contributed by atoms with E-state index in [4.69, 9.17) is 4.42 Å². The SMILES string of the molecule is CC(C)(C)c1ccc(-c2nc3ccc(NC=C(C#N)c4nn[nH]n4)cc3o2)cc1. The molecular weight excluding hydrogens is 366 g/mol. The first-order valence-corrected chi connectivity index (χ1v) is 9.06. The van der Waals surface area contributed by atoms with Crippen LogP contribution in [0.2, 0.25) is 0 Å². The van der Waals surface area contributed by atoms with E-state index in [-0.39, 0.29) is 16.8 Å². The molecule has 0 saturated heterocycles. The van der Waals surface area contributed by atoms with Crippen LogP contribution in [0.5, 0.6) is 0 Å². The number of tetrazole rings is 1. The smallest absolute Gasteiger partial charge is 0.227 e. The van der Waals surface area contributed by atoms with Crippen molar-refractivity contribution in [2.24, 2.45) is 0 Å². The Morgan fingerprint density at radius 1 is 1.17 bits per heavy atom. The average molecular weight is 385 g/mol. The number of aromatic amines is 1. The van der Waals surface area contributed by atoms with Crippen LogP contribution >= 0.6 is 0 Å². The number of fused-ring (bicyclic) bond motifs is 1. The molecule has 2 aromatic carbocycles. The molecule has 144 valence electrons. The minimum Gasteiger partial charge on any atom is -0.436 e. The molecule has 2 heterocycles. The maximum atomic E-state index is 9.24. The van der Waals surface area contributed by atoms with Gasteiger partial charge in [0.2, 0.25) is 11.7 Å². The van der Waals surface area contributed by atoms with E-state index >= 15 is 0 Å². The summed E-state index contributed by atoms with van der Waals surface area (Å²) in [6.45, 7) is 6.54. The van der Waals surface area contributed by atoms with Gasteiger partial charge in [-0.15, -0.1) is 10.2 Å². The van der Waals surface area contributed by atoms with Crippen LogP contribution in [0.15, 0.2) is 53.1 Å². The molecule has 0 radical (unpaired) electrons. The Balaban J connectivity index is 1.59. The fraction of sp³-hybridized carbons (Fsp3) is 0.190. The van der Waals surface area contributed by atoms with Crippen molar-refractivity contribution >= 4 is 22.4 Å². The van der Waals surface area contributed by atoms with Crippen molar-refractivity contribution in [1.29, 1.82) is 5.26 Å². The van der Waals surface area contributed by atoms with Gasteiger partial charge in [-0.25, -0.2) is 4.98 Å². The number of benzene rings is 2. The van der Waals surface area contributed by atoms with Gasteiger partial charge in [0.15, 0.2) is 5.58 Å². The van der Waals surface area contributed by atoms with Crippen molar-refractivity contribution in [2.75, 3.05) is 5.32 Å². The molecule has 0 amide bonds. The first-order valence-electron chi connectivity index (χ1n) is 9.06. The Labute approximate surface area is 167 Å². The number of H-pyrrole nitrogens is 1. The van der Waals surface area contributed by atoms with E-state index < -0.39 is 0 Å². The second kappa shape index (κ2) is 7.20. The zero-order chi connectivity index (χ0) is 20.4. The highest BCUT2D eigenvalue weighted by Crippen LogP contribution is 2.29. The summed E-state index contributed by atoms with van der Waals surface area (Å²) in [6, 6.07) is 15.8. The van der Waals surface area contributed by atoms with E-state index in [0.717, 1.165) is 16.8 Å². The van der Waals surface area contributed by atoms with Gasteiger partial charge >= 0.3 is 0 Å². The molecule has 29 heavy (non-hydrogen) atoms. The van der Waals surface area contributed by atoms with E-state index in [0.29, 0.717) is 11.5 Å². The molecule has 0 bridgehead atoms. The third-order valence-electron chi connectivity index (χ3n) is 4.48. The van der Waals surface area contributed by atoms with Crippen molar-refractivity contribution in [2.45, 2.75) is 26.2 Å². The molecule has 0 aliphatic carbocycles. The molecule has 8 nitrogen and oxygen atoms in total. The molecule has 4 rings (SSSR count). The molecule has 0 fully saturated rings. The van der Waals surface area contributed by atoms with Crippen LogP contribution < -0.4 is 5.32 Å². The highest BCUT2D eigenvalue weighted by atomic mass is 16.3. The molecule has 2 N–H and O–H groups in total. The number of allylic oxidation sites excluding steroid dienone is 1. The number of nitriles is 1. The molecule has 2 aromatic heterocycles. The monoisotopic (exact) mass is 385 g/mol. The first-order chi connectivity index (χ1) is 13.9. The topological polar surface area (TPSA) is 116 Å². The van der Waals surface area contributed by atoms with Crippen LogP contribution in [0.3, 0.4) is 0 Å². The highest BCUT2D eigenvalue weighted by molar-refractivity contribution is 5.81. The lowest BCUT2D eigenvalue weighted by Crippen LogP contribution is -2.10. The third-order valence-corrected chi connectivity index (χ3v) is 4.48.